The summed E-state index contributed by atoms with van der Waals surface area (Å²) < 4.78 is 0. The van der Waals surface area contributed by atoms with Crippen LogP contribution in [0.2, 0.25) is 0 Å². The predicted octanol–water partition coefficient (Wildman–Crippen LogP) is -1.29. The summed E-state index contributed by atoms with van der Waals surface area (Å²) in [6.07, 6.45) is -1.54. The van der Waals surface area contributed by atoms with E-state index in [0.717, 1.165) is 0 Å². The lowest BCUT2D eigenvalue weighted by Crippen LogP contribution is -2.40. The molecule has 0 aliphatic heterocycles. The molecule has 5 heteroatoms. The maximum absolute atomic E-state index is 11.3. The lowest BCUT2D eigenvalue weighted by molar-refractivity contribution is -0.119. The van der Waals surface area contributed by atoms with Gasteiger partial charge in [0.15, 0.2) is 5.78 Å². The minimum atomic E-state index is -1.17. The molecule has 1 aliphatic rings. The van der Waals surface area contributed by atoms with Crippen molar-refractivity contribution >= 4 is 5.78 Å². The average molecular weight is 215 g/mol. The fraction of sp³-hybridized carbons (Fsp3) is 0.700. The number of carbonyl (C=O) groups excluding carboxylic acids is 1. The van der Waals surface area contributed by atoms with E-state index >= 15 is 0 Å². The minimum absolute atomic E-state index is 0.124. The molecule has 86 valence electrons. The van der Waals surface area contributed by atoms with Crippen LogP contribution in [0.4, 0.5) is 0 Å². The Bertz CT molecular complexity index is 275. The van der Waals surface area contributed by atoms with Gasteiger partial charge in [0.1, 0.15) is 12.2 Å². The van der Waals surface area contributed by atoms with Gasteiger partial charge in [0, 0.05) is 6.42 Å². The molecule has 0 spiro atoms. The summed E-state index contributed by atoms with van der Waals surface area (Å²) in [4.78, 5) is 11.3. The van der Waals surface area contributed by atoms with E-state index in [-0.39, 0.29) is 18.6 Å². The number of rotatable bonds is 3. The molecule has 0 saturated heterocycles. The molecule has 4 atom stereocenters. The monoisotopic (exact) mass is 215 g/mol. The highest BCUT2D eigenvalue weighted by Gasteiger charge is 2.29. The van der Waals surface area contributed by atoms with Crippen LogP contribution in [-0.4, -0.2) is 45.5 Å². The van der Waals surface area contributed by atoms with E-state index in [9.17, 15) is 20.1 Å². The Labute approximate surface area is 88.2 Å². The topological polar surface area (TPSA) is 104 Å². The second-order valence-corrected chi connectivity index (χ2v) is 4.01. The molecule has 0 amide bonds. The van der Waals surface area contributed by atoms with Crippen molar-refractivity contribution in [1.29, 1.82) is 0 Å². The third-order valence-corrected chi connectivity index (χ3v) is 2.53. The summed E-state index contributed by atoms with van der Waals surface area (Å²) in [6.45, 7) is 1.59. The van der Waals surface area contributed by atoms with Crippen LogP contribution >= 0.6 is 0 Å². The van der Waals surface area contributed by atoms with Gasteiger partial charge in [-0.3, -0.25) is 4.79 Å². The lowest BCUT2D eigenvalue weighted by atomic mass is 9.89. The first-order chi connectivity index (χ1) is 6.91. The molecular weight excluding hydrogens is 198 g/mol. The molecule has 15 heavy (non-hydrogen) atoms. The van der Waals surface area contributed by atoms with Crippen LogP contribution in [0.1, 0.15) is 19.8 Å². The van der Waals surface area contributed by atoms with E-state index in [2.05, 4.69) is 0 Å². The first-order valence-corrected chi connectivity index (χ1v) is 4.94. The predicted molar refractivity (Wildman–Crippen MR) is 54.0 cm³/mol. The summed E-state index contributed by atoms with van der Waals surface area (Å²) >= 11 is 0. The zero-order chi connectivity index (χ0) is 11.6. The van der Waals surface area contributed by atoms with E-state index in [1.165, 1.54) is 6.08 Å². The zero-order valence-electron chi connectivity index (χ0n) is 8.63. The van der Waals surface area contributed by atoms with Crippen molar-refractivity contribution < 1.29 is 20.1 Å². The Morgan fingerprint density at radius 3 is 2.67 bits per heavy atom. The summed E-state index contributed by atoms with van der Waals surface area (Å²) in [7, 11) is 0. The fourth-order valence-corrected chi connectivity index (χ4v) is 1.54. The van der Waals surface area contributed by atoms with E-state index in [1.54, 1.807) is 6.92 Å². The molecule has 0 heterocycles. The second kappa shape index (κ2) is 4.85. The van der Waals surface area contributed by atoms with Gasteiger partial charge >= 0.3 is 0 Å². The van der Waals surface area contributed by atoms with Crippen LogP contribution < -0.4 is 5.73 Å². The summed E-state index contributed by atoms with van der Waals surface area (Å²) in [5.74, 6) is -0.142. The Kier molecular flexibility index (Phi) is 3.98. The molecule has 0 bridgehead atoms. The van der Waals surface area contributed by atoms with Crippen LogP contribution in [0.5, 0.6) is 0 Å². The molecule has 5 N–H and O–H groups in total. The summed E-state index contributed by atoms with van der Waals surface area (Å²) in [5, 5.41) is 28.0. The van der Waals surface area contributed by atoms with Crippen LogP contribution in [-0.2, 0) is 4.79 Å². The van der Waals surface area contributed by atoms with E-state index in [0.29, 0.717) is 5.57 Å². The molecule has 1 rings (SSSR count). The van der Waals surface area contributed by atoms with Crippen molar-refractivity contribution in [3.8, 4) is 0 Å². The first kappa shape index (κ1) is 12.3. The molecule has 0 aromatic carbocycles. The normalized spacial score (nSPS) is 33.4. The van der Waals surface area contributed by atoms with Gasteiger partial charge in [-0.25, -0.2) is 0 Å². The van der Waals surface area contributed by atoms with Crippen LogP contribution in [0, 0.1) is 0 Å². The number of carbonyl (C=O) groups is 1. The van der Waals surface area contributed by atoms with Crippen molar-refractivity contribution in [3.63, 3.8) is 0 Å². The third kappa shape index (κ3) is 3.10. The zero-order valence-corrected chi connectivity index (χ0v) is 8.63. The van der Waals surface area contributed by atoms with Crippen molar-refractivity contribution in [2.45, 2.75) is 44.1 Å². The molecule has 0 fully saturated rings. The van der Waals surface area contributed by atoms with Gasteiger partial charge < -0.3 is 21.1 Å². The number of hydrogen-bond acceptors (Lipinski definition) is 5. The molecule has 0 aromatic rings. The van der Waals surface area contributed by atoms with Crippen molar-refractivity contribution in [1.82, 2.24) is 0 Å². The van der Waals surface area contributed by atoms with E-state index < -0.39 is 24.4 Å². The molecule has 5 nitrogen and oxygen atoms in total. The van der Waals surface area contributed by atoms with Gasteiger partial charge in [-0.05, 0) is 13.3 Å². The minimum Gasteiger partial charge on any atom is -0.390 e. The van der Waals surface area contributed by atoms with Crippen molar-refractivity contribution in [3.05, 3.63) is 11.6 Å². The first-order valence-electron chi connectivity index (χ1n) is 4.94. The highest BCUT2D eigenvalue weighted by atomic mass is 16.4. The Hall–Kier alpha value is -0.750. The fourth-order valence-electron chi connectivity index (χ4n) is 1.54. The van der Waals surface area contributed by atoms with Gasteiger partial charge in [0.2, 0.25) is 0 Å². The number of hydrogen-bond donors (Lipinski definition) is 4. The highest BCUT2D eigenvalue weighted by Crippen LogP contribution is 2.22. The van der Waals surface area contributed by atoms with Gasteiger partial charge in [-0.2, -0.15) is 0 Å². The van der Waals surface area contributed by atoms with E-state index in [4.69, 9.17) is 5.73 Å². The Morgan fingerprint density at radius 2 is 2.20 bits per heavy atom. The molecule has 0 aromatic heterocycles. The lowest BCUT2D eigenvalue weighted by Gasteiger charge is -2.27. The second-order valence-electron chi connectivity index (χ2n) is 4.01. The smallest absolute Gasteiger partial charge is 0.153 e. The van der Waals surface area contributed by atoms with Gasteiger partial charge in [-0.15, -0.1) is 0 Å². The maximum Gasteiger partial charge on any atom is 0.153 e. The average Bonchev–Trinajstić information content (AvgIpc) is 2.13. The summed E-state index contributed by atoms with van der Waals surface area (Å²) in [6, 6.07) is -0.549. The number of ketones is 1. The third-order valence-electron chi connectivity index (χ3n) is 2.53. The quantitative estimate of drug-likeness (QED) is 0.438. The van der Waals surface area contributed by atoms with Crippen LogP contribution in [0.25, 0.3) is 0 Å². The van der Waals surface area contributed by atoms with Crippen molar-refractivity contribution in [2.24, 2.45) is 5.73 Å². The molecular formula is C10H17NO4. The van der Waals surface area contributed by atoms with Gasteiger partial charge in [0.05, 0.1) is 12.1 Å². The standard InChI is InChI=1S/C10H17NO4/c1-5(11)7(12)2-6-3-8(13)10(15)9(14)4-6/h3,5,8-10,13-15H,2,4,11H2,1H3/t5-,8?,9?,10?/m0/s1. The molecule has 3 unspecified atom stereocenters. The molecule has 0 saturated carbocycles. The van der Waals surface area contributed by atoms with Crippen LogP contribution in [0.3, 0.4) is 0 Å². The summed E-state index contributed by atoms with van der Waals surface area (Å²) in [5.41, 5.74) is 6.03. The number of nitrogens with two attached hydrogens (primary N) is 1. The maximum atomic E-state index is 11.3. The SMILES string of the molecule is C[C@H](N)C(=O)CC1=CC(O)C(O)C(O)C1. The Balaban J connectivity index is 2.64. The van der Waals surface area contributed by atoms with E-state index in [1.807, 2.05) is 0 Å². The number of Topliss-reactive ketones (excluding diaryl/α,β-unsaturated/α-hetero) is 1. The molecule has 0 radical (unpaired) electrons. The molecule has 1 aliphatic carbocycles. The number of aliphatic hydroxyl groups excluding tert-OH is 3. The number of aliphatic hydroxyl groups is 3. The Morgan fingerprint density at radius 1 is 1.60 bits per heavy atom. The van der Waals surface area contributed by atoms with Crippen LogP contribution in [0.15, 0.2) is 11.6 Å². The van der Waals surface area contributed by atoms with Gasteiger partial charge in [-0.1, -0.05) is 11.6 Å². The highest BCUT2D eigenvalue weighted by molar-refractivity contribution is 5.85. The largest absolute Gasteiger partial charge is 0.390 e. The van der Waals surface area contributed by atoms with Gasteiger partial charge in [0.25, 0.3) is 0 Å². The van der Waals surface area contributed by atoms with Crippen molar-refractivity contribution in [2.75, 3.05) is 0 Å².